The first-order valence-corrected chi connectivity index (χ1v) is 9.37. The lowest BCUT2D eigenvalue weighted by Gasteiger charge is -2.28. The number of nitrogens with zero attached hydrogens (tertiary/aromatic N) is 1. The summed E-state index contributed by atoms with van der Waals surface area (Å²) in [6.45, 7) is 2.54. The van der Waals surface area contributed by atoms with E-state index in [0.717, 1.165) is 17.1 Å². The molecule has 0 bridgehead atoms. The van der Waals surface area contributed by atoms with Crippen LogP contribution in [0.1, 0.15) is 25.3 Å². The summed E-state index contributed by atoms with van der Waals surface area (Å²) in [5, 5.41) is 2.62. The summed E-state index contributed by atoms with van der Waals surface area (Å²) < 4.78 is 10.8. The van der Waals surface area contributed by atoms with Crippen molar-refractivity contribution in [2.24, 2.45) is 0 Å². The van der Waals surface area contributed by atoms with Gasteiger partial charge in [-0.15, -0.1) is 0 Å². The number of hydrogen-bond donors (Lipinski definition) is 1. The molecule has 1 N–H and O–H groups in total. The standard InChI is InChI=1S/C22H28N2O4/c1-17(22(26)23-2)24(16-18-11-13-19(27-3)14-12-18)21(25)10-7-15-28-20-8-5-4-6-9-20/h4-6,8-9,11-14,17H,7,10,15-16H2,1-3H3,(H,23,26)/t17-/m1/s1. The molecule has 0 saturated heterocycles. The molecule has 0 fully saturated rings. The lowest BCUT2D eigenvalue weighted by Crippen LogP contribution is -2.46. The molecule has 0 saturated carbocycles. The molecule has 0 unspecified atom stereocenters. The highest BCUT2D eigenvalue weighted by Crippen LogP contribution is 2.16. The van der Waals surface area contributed by atoms with Crippen LogP contribution in [0.25, 0.3) is 0 Å². The third-order valence-corrected chi connectivity index (χ3v) is 4.47. The molecule has 0 aliphatic rings. The van der Waals surface area contributed by atoms with E-state index in [1.165, 1.54) is 0 Å². The van der Waals surface area contributed by atoms with Gasteiger partial charge in [-0.3, -0.25) is 9.59 Å². The van der Waals surface area contributed by atoms with E-state index in [1.54, 1.807) is 26.0 Å². The Bertz CT molecular complexity index is 747. The summed E-state index contributed by atoms with van der Waals surface area (Å²) in [5.74, 6) is 1.26. The molecule has 0 aliphatic carbocycles. The van der Waals surface area contributed by atoms with Crippen LogP contribution >= 0.6 is 0 Å². The summed E-state index contributed by atoms with van der Waals surface area (Å²) in [4.78, 5) is 26.5. The van der Waals surface area contributed by atoms with Crippen molar-refractivity contribution in [3.63, 3.8) is 0 Å². The molecule has 2 amide bonds. The highest BCUT2D eigenvalue weighted by atomic mass is 16.5. The zero-order chi connectivity index (χ0) is 20.4. The van der Waals surface area contributed by atoms with Crippen LogP contribution in [-0.4, -0.2) is 43.5 Å². The molecule has 150 valence electrons. The number of nitrogens with one attached hydrogen (secondary N) is 1. The number of rotatable bonds is 10. The fourth-order valence-electron chi connectivity index (χ4n) is 2.79. The van der Waals surface area contributed by atoms with Gasteiger partial charge in [-0.05, 0) is 43.2 Å². The van der Waals surface area contributed by atoms with Crippen LogP contribution in [0.15, 0.2) is 54.6 Å². The number of amides is 2. The largest absolute Gasteiger partial charge is 0.497 e. The Hall–Kier alpha value is -3.02. The molecule has 2 rings (SSSR count). The fourth-order valence-corrected chi connectivity index (χ4v) is 2.79. The van der Waals surface area contributed by atoms with Gasteiger partial charge in [-0.1, -0.05) is 30.3 Å². The van der Waals surface area contributed by atoms with Crippen LogP contribution in [0.3, 0.4) is 0 Å². The van der Waals surface area contributed by atoms with Crippen LogP contribution in [0.2, 0.25) is 0 Å². The molecule has 0 radical (unpaired) electrons. The van der Waals surface area contributed by atoms with E-state index in [4.69, 9.17) is 9.47 Å². The number of methoxy groups -OCH3 is 1. The number of carbonyl (C=O) groups excluding carboxylic acids is 2. The van der Waals surface area contributed by atoms with Crippen molar-refractivity contribution in [3.05, 3.63) is 60.2 Å². The second kappa shape index (κ2) is 11.0. The lowest BCUT2D eigenvalue weighted by atomic mass is 10.1. The normalized spacial score (nSPS) is 11.4. The molecule has 0 aromatic heterocycles. The van der Waals surface area contributed by atoms with Gasteiger partial charge in [0.2, 0.25) is 11.8 Å². The third-order valence-electron chi connectivity index (χ3n) is 4.47. The van der Waals surface area contributed by atoms with Crippen LogP contribution in [0.4, 0.5) is 0 Å². The topological polar surface area (TPSA) is 67.9 Å². The zero-order valence-corrected chi connectivity index (χ0v) is 16.7. The van der Waals surface area contributed by atoms with E-state index >= 15 is 0 Å². The number of ether oxygens (including phenoxy) is 2. The van der Waals surface area contributed by atoms with Crippen molar-refractivity contribution < 1.29 is 19.1 Å². The highest BCUT2D eigenvalue weighted by Gasteiger charge is 2.25. The smallest absolute Gasteiger partial charge is 0.242 e. The first-order valence-electron chi connectivity index (χ1n) is 9.37. The van der Waals surface area contributed by atoms with Crippen LogP contribution in [-0.2, 0) is 16.1 Å². The number of likely N-dealkylation sites (N-methyl/N-ethyl adjacent to an activating group) is 1. The van der Waals surface area contributed by atoms with E-state index in [0.29, 0.717) is 26.0 Å². The quantitative estimate of drug-likeness (QED) is 0.640. The van der Waals surface area contributed by atoms with Gasteiger partial charge in [-0.2, -0.15) is 0 Å². The van der Waals surface area contributed by atoms with Gasteiger partial charge in [0.1, 0.15) is 17.5 Å². The lowest BCUT2D eigenvalue weighted by molar-refractivity contribution is -0.140. The van der Waals surface area contributed by atoms with Crippen molar-refractivity contribution in [2.75, 3.05) is 20.8 Å². The second-order valence-corrected chi connectivity index (χ2v) is 6.43. The van der Waals surface area contributed by atoms with E-state index in [-0.39, 0.29) is 11.8 Å². The van der Waals surface area contributed by atoms with Gasteiger partial charge < -0.3 is 19.7 Å². The van der Waals surface area contributed by atoms with Crippen molar-refractivity contribution in [2.45, 2.75) is 32.4 Å². The zero-order valence-electron chi connectivity index (χ0n) is 16.7. The van der Waals surface area contributed by atoms with Gasteiger partial charge >= 0.3 is 0 Å². The predicted molar refractivity (Wildman–Crippen MR) is 108 cm³/mol. The monoisotopic (exact) mass is 384 g/mol. The van der Waals surface area contributed by atoms with Gasteiger partial charge in [0.05, 0.1) is 13.7 Å². The predicted octanol–water partition coefficient (Wildman–Crippen LogP) is 3.02. The summed E-state index contributed by atoms with van der Waals surface area (Å²) in [5.41, 5.74) is 0.936. The Morgan fingerprint density at radius 3 is 2.32 bits per heavy atom. The minimum atomic E-state index is -0.561. The summed E-state index contributed by atoms with van der Waals surface area (Å²) in [7, 11) is 3.18. The molecule has 0 aliphatic heterocycles. The fraction of sp³-hybridized carbons (Fsp3) is 0.364. The van der Waals surface area contributed by atoms with E-state index in [2.05, 4.69) is 5.32 Å². The minimum absolute atomic E-state index is 0.0800. The van der Waals surface area contributed by atoms with Crippen LogP contribution in [0, 0.1) is 0 Å². The number of benzene rings is 2. The van der Waals surface area contributed by atoms with Gasteiger partial charge in [0.25, 0.3) is 0 Å². The molecular formula is C22H28N2O4. The number of carbonyl (C=O) groups is 2. The van der Waals surface area contributed by atoms with E-state index < -0.39 is 6.04 Å². The third kappa shape index (κ3) is 6.30. The Morgan fingerprint density at radius 2 is 1.71 bits per heavy atom. The summed E-state index contributed by atoms with van der Waals surface area (Å²) in [6.07, 6.45) is 0.887. The van der Waals surface area contributed by atoms with Gasteiger partial charge in [0, 0.05) is 20.0 Å². The molecule has 6 heteroatoms. The molecule has 2 aromatic rings. The van der Waals surface area contributed by atoms with E-state index in [1.807, 2.05) is 54.6 Å². The molecule has 1 atom stereocenters. The Morgan fingerprint density at radius 1 is 1.04 bits per heavy atom. The minimum Gasteiger partial charge on any atom is -0.497 e. The Labute approximate surface area is 166 Å². The maximum absolute atomic E-state index is 12.8. The molecule has 0 spiro atoms. The molecule has 6 nitrogen and oxygen atoms in total. The molecule has 28 heavy (non-hydrogen) atoms. The van der Waals surface area contributed by atoms with Crippen LogP contribution in [0.5, 0.6) is 11.5 Å². The van der Waals surface area contributed by atoms with Crippen molar-refractivity contribution in [1.29, 1.82) is 0 Å². The Kier molecular flexibility index (Phi) is 8.34. The van der Waals surface area contributed by atoms with Crippen molar-refractivity contribution in [1.82, 2.24) is 10.2 Å². The maximum Gasteiger partial charge on any atom is 0.242 e. The Balaban J connectivity index is 1.96. The van der Waals surface area contributed by atoms with Crippen LogP contribution < -0.4 is 14.8 Å². The number of para-hydroxylation sites is 1. The van der Waals surface area contributed by atoms with Gasteiger partial charge in [0.15, 0.2) is 0 Å². The molecule has 2 aromatic carbocycles. The summed E-state index contributed by atoms with van der Waals surface area (Å²) >= 11 is 0. The number of hydrogen-bond acceptors (Lipinski definition) is 4. The molecule has 0 heterocycles. The SMILES string of the molecule is CNC(=O)[C@@H](C)N(Cc1ccc(OC)cc1)C(=O)CCCOc1ccccc1. The summed E-state index contributed by atoms with van der Waals surface area (Å²) in [6, 6.07) is 16.4. The average molecular weight is 384 g/mol. The highest BCUT2D eigenvalue weighted by molar-refractivity contribution is 5.87. The average Bonchev–Trinajstić information content (AvgIpc) is 2.75. The second-order valence-electron chi connectivity index (χ2n) is 6.43. The maximum atomic E-state index is 12.8. The van der Waals surface area contributed by atoms with Crippen molar-refractivity contribution in [3.8, 4) is 11.5 Å². The first kappa shape index (κ1) is 21.3. The van der Waals surface area contributed by atoms with Gasteiger partial charge in [-0.25, -0.2) is 0 Å². The van der Waals surface area contributed by atoms with E-state index in [9.17, 15) is 9.59 Å². The molecular weight excluding hydrogens is 356 g/mol. The van der Waals surface area contributed by atoms with Crippen molar-refractivity contribution >= 4 is 11.8 Å². The first-order chi connectivity index (χ1) is 13.5.